The number of nitrogens with zero attached hydrogens (tertiary/aromatic N) is 2. The lowest BCUT2D eigenvalue weighted by Gasteiger charge is -2.36. The summed E-state index contributed by atoms with van der Waals surface area (Å²) in [6.45, 7) is 7.16. The lowest BCUT2D eigenvalue weighted by Crippen LogP contribution is -2.54. The second-order valence-electron chi connectivity index (χ2n) is 5.32. The number of ether oxygens (including phenoxy) is 1. The van der Waals surface area contributed by atoms with Gasteiger partial charge in [-0.1, -0.05) is 0 Å². The molecule has 1 fully saturated rings. The SMILES string of the molecule is CCOC(=O)NS(=O)(=O)N1CCN(CC(C)(C)O)CC1. The lowest BCUT2D eigenvalue weighted by molar-refractivity contribution is 0.0262. The molecular formula is C11H23N3O5S. The van der Waals surface area contributed by atoms with Gasteiger partial charge in [0.25, 0.3) is 0 Å². The molecule has 1 aliphatic rings. The fourth-order valence-electron chi connectivity index (χ4n) is 2.01. The van der Waals surface area contributed by atoms with Gasteiger partial charge in [0.15, 0.2) is 0 Å². The van der Waals surface area contributed by atoms with E-state index in [2.05, 4.69) is 4.74 Å². The maximum Gasteiger partial charge on any atom is 0.421 e. The smallest absolute Gasteiger partial charge is 0.421 e. The van der Waals surface area contributed by atoms with E-state index in [0.29, 0.717) is 19.6 Å². The Hall–Kier alpha value is -0.900. The molecule has 0 aromatic heterocycles. The highest BCUT2D eigenvalue weighted by Crippen LogP contribution is 2.10. The molecule has 0 aromatic rings. The molecule has 1 aliphatic heterocycles. The van der Waals surface area contributed by atoms with Crippen LogP contribution >= 0.6 is 0 Å². The van der Waals surface area contributed by atoms with Gasteiger partial charge in [-0.25, -0.2) is 9.52 Å². The minimum Gasteiger partial charge on any atom is -0.449 e. The Balaban J connectivity index is 2.50. The molecule has 0 aliphatic carbocycles. The monoisotopic (exact) mass is 309 g/mol. The van der Waals surface area contributed by atoms with Gasteiger partial charge in [-0.2, -0.15) is 12.7 Å². The second-order valence-corrected chi connectivity index (χ2v) is 6.99. The molecule has 0 unspecified atom stereocenters. The molecule has 9 heteroatoms. The molecule has 0 aromatic carbocycles. The van der Waals surface area contributed by atoms with Crippen LogP contribution in [0.25, 0.3) is 0 Å². The molecule has 1 rings (SSSR count). The first-order chi connectivity index (χ1) is 9.14. The average molecular weight is 309 g/mol. The van der Waals surface area contributed by atoms with Crippen molar-refractivity contribution in [3.05, 3.63) is 0 Å². The number of aliphatic hydroxyl groups is 1. The summed E-state index contributed by atoms with van der Waals surface area (Å²) in [6, 6.07) is 0. The molecule has 1 amide bonds. The Labute approximate surface area is 119 Å². The van der Waals surface area contributed by atoms with Crippen molar-refractivity contribution in [2.24, 2.45) is 0 Å². The van der Waals surface area contributed by atoms with Gasteiger partial charge >= 0.3 is 16.3 Å². The zero-order valence-electron chi connectivity index (χ0n) is 12.1. The van der Waals surface area contributed by atoms with Crippen LogP contribution in [0.4, 0.5) is 4.79 Å². The van der Waals surface area contributed by atoms with Crippen molar-refractivity contribution in [1.82, 2.24) is 13.9 Å². The third-order valence-corrected chi connectivity index (χ3v) is 4.24. The minimum absolute atomic E-state index is 0.112. The molecule has 0 bridgehead atoms. The Morgan fingerprint density at radius 1 is 1.30 bits per heavy atom. The average Bonchev–Trinajstić information content (AvgIpc) is 2.26. The number of nitrogens with one attached hydrogen (secondary N) is 1. The highest BCUT2D eigenvalue weighted by molar-refractivity contribution is 7.87. The van der Waals surface area contributed by atoms with E-state index < -0.39 is 21.9 Å². The largest absolute Gasteiger partial charge is 0.449 e. The standard InChI is InChI=1S/C11H23N3O5S/c1-4-19-10(15)12-20(17,18)14-7-5-13(6-8-14)9-11(2,3)16/h16H,4-9H2,1-3H3,(H,12,15). The van der Waals surface area contributed by atoms with Crippen LogP contribution in [-0.4, -0.2) is 73.8 Å². The van der Waals surface area contributed by atoms with Gasteiger partial charge in [0.2, 0.25) is 0 Å². The number of hydrogen-bond donors (Lipinski definition) is 2. The molecule has 8 nitrogen and oxygen atoms in total. The van der Waals surface area contributed by atoms with Gasteiger partial charge in [0.05, 0.1) is 12.2 Å². The van der Waals surface area contributed by atoms with Crippen LogP contribution in [0.15, 0.2) is 0 Å². The summed E-state index contributed by atoms with van der Waals surface area (Å²) in [5, 5.41) is 9.73. The van der Waals surface area contributed by atoms with E-state index in [0.717, 1.165) is 0 Å². The predicted molar refractivity (Wildman–Crippen MR) is 73.4 cm³/mol. The van der Waals surface area contributed by atoms with Crippen molar-refractivity contribution in [2.45, 2.75) is 26.4 Å². The van der Waals surface area contributed by atoms with Gasteiger partial charge in [-0.05, 0) is 20.8 Å². The summed E-state index contributed by atoms with van der Waals surface area (Å²) in [5.41, 5.74) is -0.815. The lowest BCUT2D eigenvalue weighted by atomic mass is 10.1. The Morgan fingerprint density at radius 3 is 2.30 bits per heavy atom. The van der Waals surface area contributed by atoms with Gasteiger partial charge in [-0.15, -0.1) is 0 Å². The fourth-order valence-corrected chi connectivity index (χ4v) is 3.05. The second kappa shape index (κ2) is 6.70. The first-order valence-electron chi connectivity index (χ1n) is 6.53. The topological polar surface area (TPSA) is 99.2 Å². The summed E-state index contributed by atoms with van der Waals surface area (Å²) in [6.07, 6.45) is -0.966. The van der Waals surface area contributed by atoms with Crippen LogP contribution in [0.2, 0.25) is 0 Å². The van der Waals surface area contributed by atoms with E-state index in [1.165, 1.54) is 4.31 Å². The van der Waals surface area contributed by atoms with E-state index in [4.69, 9.17) is 0 Å². The Kier molecular flexibility index (Phi) is 5.75. The van der Waals surface area contributed by atoms with E-state index >= 15 is 0 Å². The van der Waals surface area contributed by atoms with Crippen molar-refractivity contribution in [3.63, 3.8) is 0 Å². The summed E-state index contributed by atoms with van der Waals surface area (Å²) in [5.74, 6) is 0. The molecule has 0 spiro atoms. The number of piperazine rings is 1. The number of rotatable bonds is 5. The summed E-state index contributed by atoms with van der Waals surface area (Å²) in [7, 11) is -3.85. The molecule has 0 radical (unpaired) electrons. The van der Waals surface area contributed by atoms with Crippen LogP contribution in [0.5, 0.6) is 0 Å². The molecule has 0 saturated carbocycles. The quantitative estimate of drug-likeness (QED) is 0.701. The summed E-state index contributed by atoms with van der Waals surface area (Å²) in [4.78, 5) is 13.2. The van der Waals surface area contributed by atoms with E-state index in [9.17, 15) is 18.3 Å². The number of carbonyl (C=O) groups excluding carboxylic acids is 1. The first-order valence-corrected chi connectivity index (χ1v) is 7.97. The van der Waals surface area contributed by atoms with Crippen LogP contribution < -0.4 is 4.72 Å². The molecule has 1 saturated heterocycles. The summed E-state index contributed by atoms with van der Waals surface area (Å²) < 4.78 is 31.4. The zero-order valence-corrected chi connectivity index (χ0v) is 12.9. The number of β-amino-alcohol motifs (C(OH)–C–C–N with tert-alkyl or cyclic N) is 1. The third kappa shape index (κ3) is 5.61. The maximum absolute atomic E-state index is 11.9. The van der Waals surface area contributed by atoms with Crippen LogP contribution in [-0.2, 0) is 14.9 Å². The van der Waals surface area contributed by atoms with E-state index in [-0.39, 0.29) is 19.7 Å². The molecule has 20 heavy (non-hydrogen) atoms. The Morgan fingerprint density at radius 2 is 1.85 bits per heavy atom. The van der Waals surface area contributed by atoms with Crippen molar-refractivity contribution in [3.8, 4) is 0 Å². The minimum atomic E-state index is -3.85. The molecule has 118 valence electrons. The van der Waals surface area contributed by atoms with Gasteiger partial charge in [-0.3, -0.25) is 4.90 Å². The van der Waals surface area contributed by atoms with Gasteiger partial charge in [0, 0.05) is 32.7 Å². The van der Waals surface area contributed by atoms with Crippen molar-refractivity contribution in [1.29, 1.82) is 0 Å². The highest BCUT2D eigenvalue weighted by atomic mass is 32.2. The van der Waals surface area contributed by atoms with Crippen LogP contribution in [0.3, 0.4) is 0 Å². The zero-order chi connectivity index (χ0) is 15.4. The molecular weight excluding hydrogens is 286 g/mol. The number of hydrogen-bond acceptors (Lipinski definition) is 6. The molecule has 2 N–H and O–H groups in total. The van der Waals surface area contributed by atoms with Crippen molar-refractivity contribution in [2.75, 3.05) is 39.3 Å². The van der Waals surface area contributed by atoms with Crippen LogP contribution in [0.1, 0.15) is 20.8 Å². The van der Waals surface area contributed by atoms with Crippen molar-refractivity contribution < 1.29 is 23.1 Å². The Bertz CT molecular complexity index is 424. The summed E-state index contributed by atoms with van der Waals surface area (Å²) >= 11 is 0. The van der Waals surface area contributed by atoms with Crippen molar-refractivity contribution >= 4 is 16.3 Å². The third-order valence-electron chi connectivity index (χ3n) is 2.77. The van der Waals surface area contributed by atoms with Gasteiger partial charge < -0.3 is 9.84 Å². The highest BCUT2D eigenvalue weighted by Gasteiger charge is 2.30. The van der Waals surface area contributed by atoms with Crippen LogP contribution in [0, 0.1) is 0 Å². The first kappa shape index (κ1) is 17.2. The van der Waals surface area contributed by atoms with E-state index in [1.807, 2.05) is 9.62 Å². The molecule has 1 heterocycles. The fraction of sp³-hybridized carbons (Fsp3) is 0.909. The number of carbonyl (C=O) groups is 1. The maximum atomic E-state index is 11.9. The molecule has 0 atom stereocenters. The van der Waals surface area contributed by atoms with E-state index in [1.54, 1.807) is 20.8 Å². The van der Waals surface area contributed by atoms with Gasteiger partial charge in [0.1, 0.15) is 0 Å². The normalized spacial score (nSPS) is 18.8. The predicted octanol–water partition coefficient (Wildman–Crippen LogP) is -0.634. The number of amides is 1.